The van der Waals surface area contributed by atoms with E-state index in [1.54, 1.807) is 0 Å². The van der Waals surface area contributed by atoms with E-state index >= 15 is 0 Å². The Morgan fingerprint density at radius 3 is 2.48 bits per heavy atom. The number of fused-ring (bicyclic) bond motifs is 1. The number of aryl methyl sites for hydroxylation is 1. The highest BCUT2D eigenvalue weighted by Crippen LogP contribution is 2.32. The van der Waals surface area contributed by atoms with E-state index in [1.807, 2.05) is 0 Å². The highest BCUT2D eigenvalue weighted by Gasteiger charge is 2.27. The molecule has 1 aromatic carbocycles. The summed E-state index contributed by atoms with van der Waals surface area (Å²) in [5, 5.41) is 1.36. The minimum Gasteiger partial charge on any atom is -0.351 e. The monoisotopic (exact) mass is 287 g/mol. The van der Waals surface area contributed by atoms with Gasteiger partial charge >= 0.3 is 0 Å². The van der Waals surface area contributed by atoms with E-state index in [1.165, 1.54) is 16.5 Å². The summed E-state index contributed by atoms with van der Waals surface area (Å²) in [4.78, 5) is 4.82. The quantitative estimate of drug-likeness (QED) is 0.807. The van der Waals surface area contributed by atoms with Gasteiger partial charge in [-0.3, -0.25) is 4.90 Å². The molecule has 0 amide bonds. The first kappa shape index (κ1) is 16.1. The van der Waals surface area contributed by atoms with Gasteiger partial charge in [0.05, 0.1) is 0 Å². The average Bonchev–Trinajstić information content (AvgIpc) is 2.85. The summed E-state index contributed by atoms with van der Waals surface area (Å²) in [7, 11) is 6.52. The van der Waals surface area contributed by atoms with E-state index < -0.39 is 0 Å². The minimum absolute atomic E-state index is 0.0233. The van der Waals surface area contributed by atoms with Crippen molar-refractivity contribution < 1.29 is 0 Å². The highest BCUT2D eigenvalue weighted by atomic mass is 15.2. The van der Waals surface area contributed by atoms with Crippen molar-refractivity contribution in [3.63, 3.8) is 0 Å². The van der Waals surface area contributed by atoms with Gasteiger partial charge in [-0.1, -0.05) is 19.1 Å². The fourth-order valence-corrected chi connectivity index (χ4v) is 2.80. The minimum atomic E-state index is 0.0233. The predicted octanol–water partition coefficient (Wildman–Crippen LogP) is 3.30. The Labute approximate surface area is 129 Å². The van der Waals surface area contributed by atoms with Crippen LogP contribution in [-0.2, 0) is 12.6 Å². The zero-order chi connectivity index (χ0) is 15.6. The second kappa shape index (κ2) is 6.20. The largest absolute Gasteiger partial charge is 0.351 e. The molecule has 0 radical (unpaired) electrons. The van der Waals surface area contributed by atoms with Gasteiger partial charge in [0.25, 0.3) is 0 Å². The normalized spacial score (nSPS) is 12.8. The van der Waals surface area contributed by atoms with Crippen LogP contribution in [-0.4, -0.2) is 48.1 Å². The van der Waals surface area contributed by atoms with Crippen LogP contribution in [0.5, 0.6) is 0 Å². The van der Waals surface area contributed by atoms with E-state index in [2.05, 4.69) is 86.7 Å². The Morgan fingerprint density at radius 1 is 1.10 bits per heavy atom. The molecular formula is C18H29N3. The first-order valence-electron chi connectivity index (χ1n) is 7.82. The Hall–Kier alpha value is -1.32. The predicted molar refractivity (Wildman–Crippen MR) is 91.7 cm³/mol. The van der Waals surface area contributed by atoms with Crippen LogP contribution >= 0.6 is 0 Å². The van der Waals surface area contributed by atoms with Crippen molar-refractivity contribution in [2.24, 2.45) is 7.05 Å². The third-order valence-corrected chi connectivity index (χ3v) is 4.90. The van der Waals surface area contributed by atoms with Crippen LogP contribution in [0.2, 0.25) is 0 Å². The molecular weight excluding hydrogens is 258 g/mol. The summed E-state index contributed by atoms with van der Waals surface area (Å²) >= 11 is 0. The van der Waals surface area contributed by atoms with Crippen molar-refractivity contribution in [2.45, 2.75) is 26.3 Å². The second-order valence-electron chi connectivity index (χ2n) is 6.54. The zero-order valence-electron chi connectivity index (χ0n) is 14.3. The number of hydrogen-bond acceptors (Lipinski definition) is 2. The first-order valence-corrected chi connectivity index (χ1v) is 7.82. The SMILES string of the molecule is CCN(C)CCN(C)C(C)(C)c1cccc2c1ccn2C. The van der Waals surface area contributed by atoms with Crippen LogP contribution in [0.4, 0.5) is 0 Å². The molecule has 3 nitrogen and oxygen atoms in total. The maximum Gasteiger partial charge on any atom is 0.0481 e. The maximum atomic E-state index is 2.46. The fraction of sp³-hybridized carbons (Fsp3) is 0.556. The molecule has 0 bridgehead atoms. The molecule has 2 rings (SSSR count). The van der Waals surface area contributed by atoms with Crippen LogP contribution in [0.25, 0.3) is 10.9 Å². The van der Waals surface area contributed by atoms with Crippen molar-refractivity contribution in [2.75, 3.05) is 33.7 Å². The van der Waals surface area contributed by atoms with Gasteiger partial charge in [-0.25, -0.2) is 0 Å². The molecule has 0 aliphatic heterocycles. The molecule has 0 unspecified atom stereocenters. The summed E-state index contributed by atoms with van der Waals surface area (Å²) < 4.78 is 2.19. The molecule has 0 saturated heterocycles. The maximum absolute atomic E-state index is 2.46. The van der Waals surface area contributed by atoms with Crippen molar-refractivity contribution in [1.82, 2.24) is 14.4 Å². The molecule has 21 heavy (non-hydrogen) atoms. The van der Waals surface area contributed by atoms with Crippen LogP contribution in [0.15, 0.2) is 30.5 Å². The summed E-state index contributed by atoms with van der Waals surface area (Å²) in [6, 6.07) is 8.87. The topological polar surface area (TPSA) is 11.4 Å². The summed E-state index contributed by atoms with van der Waals surface area (Å²) in [5.41, 5.74) is 2.73. The molecule has 0 aliphatic carbocycles. The standard InChI is InChI=1S/C18H29N3/c1-7-19(4)13-14-21(6)18(2,3)16-9-8-10-17-15(16)11-12-20(17)5/h8-12H,7,13-14H2,1-6H3. The van der Waals surface area contributed by atoms with E-state index in [0.717, 1.165) is 19.6 Å². The van der Waals surface area contributed by atoms with Crippen LogP contribution in [0.3, 0.4) is 0 Å². The van der Waals surface area contributed by atoms with Crippen molar-refractivity contribution in [1.29, 1.82) is 0 Å². The fourth-order valence-electron chi connectivity index (χ4n) is 2.80. The van der Waals surface area contributed by atoms with Gasteiger partial charge in [0, 0.05) is 42.8 Å². The Kier molecular flexibility index (Phi) is 4.74. The zero-order valence-corrected chi connectivity index (χ0v) is 14.3. The number of nitrogens with zero attached hydrogens (tertiary/aromatic N) is 3. The molecule has 0 spiro atoms. The van der Waals surface area contributed by atoms with Gasteiger partial charge in [0.1, 0.15) is 0 Å². The Morgan fingerprint density at radius 2 is 1.81 bits per heavy atom. The van der Waals surface area contributed by atoms with E-state index in [9.17, 15) is 0 Å². The van der Waals surface area contributed by atoms with E-state index in [-0.39, 0.29) is 5.54 Å². The molecule has 116 valence electrons. The van der Waals surface area contributed by atoms with Crippen LogP contribution in [0, 0.1) is 0 Å². The third-order valence-electron chi connectivity index (χ3n) is 4.90. The Balaban J connectivity index is 2.28. The molecule has 0 saturated carbocycles. The molecule has 0 N–H and O–H groups in total. The molecule has 1 aromatic heterocycles. The third kappa shape index (κ3) is 3.14. The number of hydrogen-bond donors (Lipinski definition) is 0. The van der Waals surface area contributed by atoms with E-state index in [4.69, 9.17) is 0 Å². The van der Waals surface area contributed by atoms with Crippen molar-refractivity contribution in [3.8, 4) is 0 Å². The number of aromatic nitrogens is 1. The van der Waals surface area contributed by atoms with Crippen molar-refractivity contribution in [3.05, 3.63) is 36.0 Å². The molecule has 3 heteroatoms. The van der Waals surface area contributed by atoms with Crippen molar-refractivity contribution >= 4 is 10.9 Å². The molecule has 0 aliphatic rings. The van der Waals surface area contributed by atoms with Gasteiger partial charge < -0.3 is 9.47 Å². The summed E-state index contributed by atoms with van der Waals surface area (Å²) in [6.45, 7) is 10.1. The van der Waals surface area contributed by atoms with Crippen LogP contribution < -0.4 is 0 Å². The number of benzene rings is 1. The summed E-state index contributed by atoms with van der Waals surface area (Å²) in [6.07, 6.45) is 2.15. The smallest absolute Gasteiger partial charge is 0.0481 e. The molecule has 0 atom stereocenters. The number of likely N-dealkylation sites (N-methyl/N-ethyl adjacent to an activating group) is 2. The molecule has 0 fully saturated rings. The average molecular weight is 287 g/mol. The lowest BCUT2D eigenvalue weighted by atomic mass is 9.90. The van der Waals surface area contributed by atoms with Crippen LogP contribution in [0.1, 0.15) is 26.3 Å². The highest BCUT2D eigenvalue weighted by molar-refractivity contribution is 5.84. The van der Waals surface area contributed by atoms with Gasteiger partial charge in [-0.2, -0.15) is 0 Å². The number of rotatable bonds is 6. The second-order valence-corrected chi connectivity index (χ2v) is 6.54. The first-order chi connectivity index (χ1) is 9.87. The van der Waals surface area contributed by atoms with Gasteiger partial charge in [-0.15, -0.1) is 0 Å². The Bertz CT molecular complexity index is 598. The van der Waals surface area contributed by atoms with Gasteiger partial charge in [0.2, 0.25) is 0 Å². The van der Waals surface area contributed by atoms with Gasteiger partial charge in [0.15, 0.2) is 0 Å². The lowest BCUT2D eigenvalue weighted by Crippen LogP contribution is -2.42. The van der Waals surface area contributed by atoms with Gasteiger partial charge in [-0.05, 0) is 52.2 Å². The molecule has 2 aromatic rings. The lowest BCUT2D eigenvalue weighted by molar-refractivity contribution is 0.141. The van der Waals surface area contributed by atoms with E-state index in [0.29, 0.717) is 0 Å². The lowest BCUT2D eigenvalue weighted by Gasteiger charge is -2.37. The molecule has 1 heterocycles. The summed E-state index contributed by atoms with van der Waals surface area (Å²) in [5.74, 6) is 0.